The van der Waals surface area contributed by atoms with Crippen LogP contribution in [0, 0.1) is 0 Å². The molecule has 39 heavy (non-hydrogen) atoms. The van der Waals surface area contributed by atoms with Crippen LogP contribution in [-0.4, -0.2) is 39.2 Å². The molecule has 0 unspecified atom stereocenters. The van der Waals surface area contributed by atoms with Crippen LogP contribution in [0.3, 0.4) is 0 Å². The fourth-order valence-corrected chi connectivity index (χ4v) is 4.91. The molecular formula is C29H27Cl2N5O3. The fraction of sp³-hybridized carbons (Fsp3) is 0.241. The molecule has 3 aromatic carbocycles. The Morgan fingerprint density at radius 3 is 2.28 bits per heavy atom. The van der Waals surface area contributed by atoms with Crippen LogP contribution in [0.1, 0.15) is 42.5 Å². The summed E-state index contributed by atoms with van der Waals surface area (Å²) in [4.78, 5) is 26.2. The number of carbonyl (C=O) groups excluding carboxylic acids is 1. The Labute approximate surface area is 236 Å². The van der Waals surface area contributed by atoms with E-state index in [1.54, 1.807) is 24.1 Å². The third-order valence-electron chi connectivity index (χ3n) is 6.66. The average Bonchev–Trinajstić information content (AvgIpc) is 3.52. The SMILES string of the molecule is CCOC(=O)Cn1c(N2C[C@@H](c3ccccc3)C(c3ccc(Cl)cc3)=N2)nn([C@@H](C)c2ccc(Cl)cc2)c1=O. The Morgan fingerprint density at radius 1 is 1.00 bits per heavy atom. The van der Waals surface area contributed by atoms with Gasteiger partial charge in [0.2, 0.25) is 5.95 Å². The highest BCUT2D eigenvalue weighted by atomic mass is 35.5. The molecule has 8 nitrogen and oxygen atoms in total. The number of hydrazone groups is 1. The molecule has 0 N–H and O–H groups in total. The van der Waals surface area contributed by atoms with Gasteiger partial charge in [0.25, 0.3) is 0 Å². The van der Waals surface area contributed by atoms with Crippen LogP contribution < -0.4 is 10.7 Å². The summed E-state index contributed by atoms with van der Waals surface area (Å²) in [5, 5.41) is 12.5. The average molecular weight is 564 g/mol. The van der Waals surface area contributed by atoms with Crippen molar-refractivity contribution in [3.63, 3.8) is 0 Å². The van der Waals surface area contributed by atoms with Crippen molar-refractivity contribution in [1.82, 2.24) is 14.3 Å². The minimum Gasteiger partial charge on any atom is -0.465 e. The second-order valence-corrected chi connectivity index (χ2v) is 10.1. The molecule has 1 aliphatic rings. The summed E-state index contributed by atoms with van der Waals surface area (Å²) in [6, 6.07) is 24.3. The molecule has 0 saturated carbocycles. The van der Waals surface area contributed by atoms with Crippen molar-refractivity contribution in [3.8, 4) is 0 Å². The van der Waals surface area contributed by atoms with Gasteiger partial charge in [-0.25, -0.2) is 19.1 Å². The highest BCUT2D eigenvalue weighted by molar-refractivity contribution is 6.31. The van der Waals surface area contributed by atoms with Crippen LogP contribution in [0.4, 0.5) is 5.95 Å². The molecule has 1 aliphatic heterocycles. The van der Waals surface area contributed by atoms with E-state index in [1.165, 1.54) is 9.25 Å². The second-order valence-electron chi connectivity index (χ2n) is 9.18. The molecule has 0 amide bonds. The predicted octanol–water partition coefficient (Wildman–Crippen LogP) is 5.53. The molecule has 2 heterocycles. The smallest absolute Gasteiger partial charge is 0.348 e. The number of esters is 1. The summed E-state index contributed by atoms with van der Waals surface area (Å²) in [6.45, 7) is 3.94. The van der Waals surface area contributed by atoms with Crippen molar-refractivity contribution in [1.29, 1.82) is 0 Å². The summed E-state index contributed by atoms with van der Waals surface area (Å²) >= 11 is 12.2. The van der Waals surface area contributed by atoms with Gasteiger partial charge < -0.3 is 4.74 Å². The lowest BCUT2D eigenvalue weighted by Gasteiger charge is -2.16. The molecule has 1 aromatic heterocycles. The molecule has 10 heteroatoms. The maximum atomic E-state index is 13.6. The van der Waals surface area contributed by atoms with E-state index in [0.717, 1.165) is 22.4 Å². The second kappa shape index (κ2) is 11.5. The van der Waals surface area contributed by atoms with E-state index in [9.17, 15) is 9.59 Å². The zero-order valence-electron chi connectivity index (χ0n) is 21.5. The van der Waals surface area contributed by atoms with Gasteiger partial charge in [0.15, 0.2) is 0 Å². The Morgan fingerprint density at radius 2 is 1.64 bits per heavy atom. The quantitative estimate of drug-likeness (QED) is 0.263. The van der Waals surface area contributed by atoms with Gasteiger partial charge in [-0.05, 0) is 54.8 Å². The van der Waals surface area contributed by atoms with E-state index in [-0.39, 0.29) is 25.0 Å². The number of ether oxygens (including phenoxy) is 1. The van der Waals surface area contributed by atoms with Gasteiger partial charge in [0.1, 0.15) is 6.54 Å². The summed E-state index contributed by atoms with van der Waals surface area (Å²) in [7, 11) is 0. The lowest BCUT2D eigenvalue weighted by atomic mass is 9.91. The zero-order chi connectivity index (χ0) is 27.5. The number of hydrogen-bond acceptors (Lipinski definition) is 6. The minimum absolute atomic E-state index is 0.0997. The first-order valence-electron chi connectivity index (χ1n) is 12.6. The van der Waals surface area contributed by atoms with Crippen LogP contribution in [0.5, 0.6) is 0 Å². The first-order valence-corrected chi connectivity index (χ1v) is 13.4. The molecule has 0 radical (unpaired) electrons. The molecule has 200 valence electrons. The number of nitrogens with zero attached hydrogens (tertiary/aromatic N) is 5. The normalized spacial score (nSPS) is 15.7. The van der Waals surface area contributed by atoms with Crippen LogP contribution in [0.15, 0.2) is 88.8 Å². The maximum absolute atomic E-state index is 13.6. The molecular weight excluding hydrogens is 537 g/mol. The first kappa shape index (κ1) is 26.7. The summed E-state index contributed by atoms with van der Waals surface area (Å²) < 4.78 is 7.85. The predicted molar refractivity (Wildman–Crippen MR) is 153 cm³/mol. The first-order chi connectivity index (χ1) is 18.9. The monoisotopic (exact) mass is 563 g/mol. The van der Waals surface area contributed by atoms with Crippen LogP contribution in [0.2, 0.25) is 10.0 Å². The minimum atomic E-state index is -0.528. The van der Waals surface area contributed by atoms with Gasteiger partial charge >= 0.3 is 11.7 Å². The van der Waals surface area contributed by atoms with E-state index in [2.05, 4.69) is 0 Å². The highest BCUT2D eigenvalue weighted by Gasteiger charge is 2.34. The third-order valence-corrected chi connectivity index (χ3v) is 7.17. The Bertz CT molecular complexity index is 1550. The number of carbonyl (C=O) groups is 1. The van der Waals surface area contributed by atoms with Gasteiger partial charge in [0, 0.05) is 16.0 Å². The van der Waals surface area contributed by atoms with E-state index in [4.69, 9.17) is 38.1 Å². The van der Waals surface area contributed by atoms with Crippen molar-refractivity contribution in [2.75, 3.05) is 18.2 Å². The van der Waals surface area contributed by atoms with E-state index in [1.807, 2.05) is 73.7 Å². The molecule has 0 bridgehead atoms. The Balaban J connectivity index is 1.60. The summed E-state index contributed by atoms with van der Waals surface area (Å²) in [6.07, 6.45) is 0. The fourth-order valence-electron chi connectivity index (χ4n) is 4.66. The van der Waals surface area contributed by atoms with Gasteiger partial charge in [-0.3, -0.25) is 4.79 Å². The molecule has 0 saturated heterocycles. The number of rotatable bonds is 8. The van der Waals surface area contributed by atoms with E-state index in [0.29, 0.717) is 16.6 Å². The zero-order valence-corrected chi connectivity index (χ0v) is 23.0. The molecule has 5 rings (SSSR count). The lowest BCUT2D eigenvalue weighted by Crippen LogP contribution is -2.31. The summed E-state index contributed by atoms with van der Waals surface area (Å²) in [5.74, 6) is -0.364. The molecule has 2 atom stereocenters. The van der Waals surface area contributed by atoms with E-state index < -0.39 is 17.7 Å². The number of aromatic nitrogens is 3. The molecule has 0 spiro atoms. The van der Waals surface area contributed by atoms with Crippen molar-refractivity contribution in [2.24, 2.45) is 5.10 Å². The van der Waals surface area contributed by atoms with Crippen molar-refractivity contribution in [3.05, 3.63) is 116 Å². The third kappa shape index (κ3) is 5.62. The van der Waals surface area contributed by atoms with Gasteiger partial charge in [-0.1, -0.05) is 77.8 Å². The molecule has 0 aliphatic carbocycles. The standard InChI is InChI=1S/C29H27Cl2N5O3/c1-3-39-26(37)18-34-28(33-36(29(34)38)19(2)20-9-13-23(30)14-10-20)35-17-25(21-7-5-4-6-8-21)27(32-35)22-11-15-24(31)16-12-22/h4-16,19,25H,3,17-18H2,1-2H3/t19-,25-/m0/s1. The number of anilines is 1. The van der Waals surface area contributed by atoms with Crippen LogP contribution in [-0.2, 0) is 16.1 Å². The van der Waals surface area contributed by atoms with Gasteiger partial charge in [0.05, 0.1) is 24.9 Å². The van der Waals surface area contributed by atoms with Crippen LogP contribution >= 0.6 is 23.2 Å². The topological polar surface area (TPSA) is 81.7 Å². The van der Waals surface area contributed by atoms with Crippen molar-refractivity contribution < 1.29 is 9.53 Å². The number of hydrogen-bond donors (Lipinski definition) is 0. The molecule has 0 fully saturated rings. The summed E-state index contributed by atoms with van der Waals surface area (Å²) in [5.41, 5.74) is 3.20. The Hall–Kier alpha value is -3.88. The highest BCUT2D eigenvalue weighted by Crippen LogP contribution is 2.32. The molecule has 4 aromatic rings. The van der Waals surface area contributed by atoms with Crippen LogP contribution in [0.25, 0.3) is 0 Å². The number of benzene rings is 3. The number of halogens is 2. The Kier molecular flexibility index (Phi) is 7.86. The van der Waals surface area contributed by atoms with Gasteiger partial charge in [-0.15, -0.1) is 5.10 Å². The van der Waals surface area contributed by atoms with E-state index >= 15 is 0 Å². The largest absolute Gasteiger partial charge is 0.465 e. The van der Waals surface area contributed by atoms with Crippen molar-refractivity contribution in [2.45, 2.75) is 32.4 Å². The maximum Gasteiger partial charge on any atom is 0.348 e. The van der Waals surface area contributed by atoms with Crippen molar-refractivity contribution >= 4 is 40.8 Å². The van der Waals surface area contributed by atoms with Gasteiger partial charge in [-0.2, -0.15) is 5.10 Å². The lowest BCUT2D eigenvalue weighted by molar-refractivity contribution is -0.143.